The Kier molecular flexibility index (Phi) is 4.96. The Bertz CT molecular complexity index is 1200. The van der Waals surface area contributed by atoms with Gasteiger partial charge in [0.2, 0.25) is 0 Å². The fourth-order valence-electron chi connectivity index (χ4n) is 3.71. The second kappa shape index (κ2) is 7.59. The average Bonchev–Trinajstić information content (AvgIpc) is 3.00. The lowest BCUT2D eigenvalue weighted by molar-refractivity contribution is 0.0925. The maximum absolute atomic E-state index is 13.1. The fraction of sp³-hybridized carbons (Fsp3) is 0.160. The van der Waals surface area contributed by atoms with Crippen LogP contribution in [0.3, 0.4) is 0 Å². The van der Waals surface area contributed by atoms with Crippen LogP contribution in [0.15, 0.2) is 60.7 Å². The van der Waals surface area contributed by atoms with Crippen LogP contribution < -0.4 is 10.2 Å². The highest BCUT2D eigenvalue weighted by atomic mass is 16.2. The summed E-state index contributed by atoms with van der Waals surface area (Å²) in [6.45, 7) is 5.80. The van der Waals surface area contributed by atoms with Crippen LogP contribution in [0.2, 0.25) is 0 Å². The van der Waals surface area contributed by atoms with Gasteiger partial charge in [-0.3, -0.25) is 14.4 Å². The van der Waals surface area contributed by atoms with Gasteiger partial charge < -0.3 is 5.32 Å². The number of benzene rings is 3. The molecule has 0 fully saturated rings. The predicted octanol–water partition coefficient (Wildman–Crippen LogP) is 4.92. The number of aryl methyl sites for hydroxylation is 3. The Balaban J connectivity index is 1.66. The molecule has 0 unspecified atom stereocenters. The number of fused-ring (bicyclic) bond motifs is 1. The van der Waals surface area contributed by atoms with E-state index in [-0.39, 0.29) is 17.4 Å². The molecule has 0 aromatic heterocycles. The van der Waals surface area contributed by atoms with Crippen LogP contribution in [0.5, 0.6) is 0 Å². The maximum Gasteiger partial charge on any atom is 0.266 e. The largest absolute Gasteiger partial charge is 0.322 e. The van der Waals surface area contributed by atoms with Gasteiger partial charge in [0, 0.05) is 11.3 Å². The Morgan fingerprint density at radius 2 is 1.63 bits per heavy atom. The summed E-state index contributed by atoms with van der Waals surface area (Å²) in [5.41, 5.74) is 5.03. The van der Waals surface area contributed by atoms with Crippen LogP contribution >= 0.6 is 0 Å². The van der Waals surface area contributed by atoms with Crippen molar-refractivity contribution in [2.75, 3.05) is 10.2 Å². The number of imide groups is 1. The summed E-state index contributed by atoms with van der Waals surface area (Å²) in [5, 5.41) is 2.91. The molecule has 1 aliphatic heterocycles. The normalized spacial score (nSPS) is 12.8. The third kappa shape index (κ3) is 3.28. The molecule has 150 valence electrons. The average molecular weight is 398 g/mol. The first-order valence-corrected chi connectivity index (χ1v) is 9.90. The molecule has 4 rings (SSSR count). The lowest BCUT2D eigenvalue weighted by Gasteiger charge is -2.17. The third-order valence-electron chi connectivity index (χ3n) is 5.40. The lowest BCUT2D eigenvalue weighted by atomic mass is 10.0. The van der Waals surface area contributed by atoms with E-state index in [0.29, 0.717) is 16.8 Å². The molecular weight excluding hydrogens is 376 g/mol. The summed E-state index contributed by atoms with van der Waals surface area (Å²) in [7, 11) is 0. The summed E-state index contributed by atoms with van der Waals surface area (Å²) in [5.74, 6) is -1.09. The van der Waals surface area contributed by atoms with Crippen LogP contribution in [0.4, 0.5) is 11.4 Å². The van der Waals surface area contributed by atoms with Gasteiger partial charge in [0.05, 0.1) is 16.8 Å². The molecule has 5 nitrogen and oxygen atoms in total. The van der Waals surface area contributed by atoms with E-state index in [1.54, 1.807) is 12.1 Å². The van der Waals surface area contributed by atoms with Crippen molar-refractivity contribution >= 4 is 29.1 Å². The first-order chi connectivity index (χ1) is 14.4. The Hall–Kier alpha value is -3.73. The van der Waals surface area contributed by atoms with Crippen molar-refractivity contribution < 1.29 is 14.4 Å². The van der Waals surface area contributed by atoms with Gasteiger partial charge in [0.1, 0.15) is 0 Å². The number of rotatable bonds is 4. The summed E-state index contributed by atoms with van der Waals surface area (Å²) in [4.78, 5) is 40.0. The van der Waals surface area contributed by atoms with Crippen LogP contribution in [0, 0.1) is 13.8 Å². The van der Waals surface area contributed by atoms with Crippen LogP contribution in [-0.4, -0.2) is 17.7 Å². The Morgan fingerprint density at radius 3 is 2.40 bits per heavy atom. The van der Waals surface area contributed by atoms with Crippen LogP contribution in [0.25, 0.3) is 0 Å². The van der Waals surface area contributed by atoms with Gasteiger partial charge >= 0.3 is 0 Å². The van der Waals surface area contributed by atoms with Crippen molar-refractivity contribution in [3.05, 3.63) is 94.0 Å². The maximum atomic E-state index is 13.1. The number of para-hydroxylation sites is 1. The molecule has 0 saturated carbocycles. The van der Waals surface area contributed by atoms with E-state index in [1.807, 2.05) is 63.2 Å². The van der Waals surface area contributed by atoms with Crippen LogP contribution in [0.1, 0.15) is 54.7 Å². The zero-order valence-electron chi connectivity index (χ0n) is 17.2. The second-order valence-corrected chi connectivity index (χ2v) is 7.46. The number of anilines is 2. The van der Waals surface area contributed by atoms with Gasteiger partial charge in [-0.1, -0.05) is 37.3 Å². The monoisotopic (exact) mass is 398 g/mol. The summed E-state index contributed by atoms with van der Waals surface area (Å²) >= 11 is 0. The van der Waals surface area contributed by atoms with E-state index < -0.39 is 5.91 Å². The van der Waals surface area contributed by atoms with Crippen molar-refractivity contribution in [2.24, 2.45) is 0 Å². The van der Waals surface area contributed by atoms with E-state index in [0.717, 1.165) is 28.8 Å². The molecule has 1 aliphatic rings. The second-order valence-electron chi connectivity index (χ2n) is 7.46. The fourth-order valence-corrected chi connectivity index (χ4v) is 3.71. The SMILES string of the molecule is CCc1ccccc1NC(=O)c1ccc2c(c1)C(=O)N(c1cc(C)ccc1C)C2=O. The predicted molar refractivity (Wildman–Crippen MR) is 117 cm³/mol. The number of nitrogens with one attached hydrogen (secondary N) is 1. The standard InChI is InChI=1S/C25H22N2O3/c1-4-17-7-5-6-8-21(17)26-23(28)18-11-12-19-20(14-18)25(30)27(24(19)29)22-13-15(2)9-10-16(22)3/h5-14H,4H2,1-3H3,(H,26,28). The number of hydrogen-bond donors (Lipinski definition) is 1. The molecule has 3 aromatic carbocycles. The quantitative estimate of drug-likeness (QED) is 0.635. The van der Waals surface area contributed by atoms with Crippen molar-refractivity contribution in [2.45, 2.75) is 27.2 Å². The molecule has 0 bridgehead atoms. The minimum absolute atomic E-state index is 0.248. The van der Waals surface area contributed by atoms with E-state index in [4.69, 9.17) is 0 Å². The van der Waals surface area contributed by atoms with Gasteiger partial charge in [-0.2, -0.15) is 0 Å². The van der Waals surface area contributed by atoms with Crippen molar-refractivity contribution in [3.63, 3.8) is 0 Å². The number of hydrogen-bond acceptors (Lipinski definition) is 3. The van der Waals surface area contributed by atoms with Gasteiger partial charge in [-0.25, -0.2) is 4.90 Å². The Labute approximate surface area is 175 Å². The smallest absolute Gasteiger partial charge is 0.266 e. The lowest BCUT2D eigenvalue weighted by Crippen LogP contribution is -2.30. The van der Waals surface area contributed by atoms with E-state index >= 15 is 0 Å². The molecular formula is C25H22N2O3. The third-order valence-corrected chi connectivity index (χ3v) is 5.40. The molecule has 0 radical (unpaired) electrons. The topological polar surface area (TPSA) is 66.5 Å². The number of carbonyl (C=O) groups is 3. The highest BCUT2D eigenvalue weighted by Crippen LogP contribution is 2.32. The zero-order valence-corrected chi connectivity index (χ0v) is 17.2. The highest BCUT2D eigenvalue weighted by Gasteiger charge is 2.37. The molecule has 1 heterocycles. The van der Waals surface area contributed by atoms with Gasteiger partial charge in [0.15, 0.2) is 0 Å². The molecule has 0 saturated heterocycles. The summed E-state index contributed by atoms with van der Waals surface area (Å²) in [6.07, 6.45) is 0.790. The molecule has 0 atom stereocenters. The summed E-state index contributed by atoms with van der Waals surface area (Å²) < 4.78 is 0. The van der Waals surface area contributed by atoms with Crippen LogP contribution in [-0.2, 0) is 6.42 Å². The Morgan fingerprint density at radius 1 is 0.900 bits per heavy atom. The first kappa shape index (κ1) is 19.6. The molecule has 5 heteroatoms. The molecule has 1 N–H and O–H groups in total. The van der Waals surface area contributed by atoms with Crippen molar-refractivity contribution in [1.82, 2.24) is 0 Å². The number of amides is 3. The molecule has 30 heavy (non-hydrogen) atoms. The summed E-state index contributed by atoms with van der Waals surface area (Å²) in [6, 6.07) is 17.9. The molecule has 3 amide bonds. The number of carbonyl (C=O) groups excluding carboxylic acids is 3. The van der Waals surface area contributed by atoms with Gasteiger partial charge in [-0.05, 0) is 67.3 Å². The minimum Gasteiger partial charge on any atom is -0.322 e. The van der Waals surface area contributed by atoms with Crippen molar-refractivity contribution in [3.8, 4) is 0 Å². The van der Waals surface area contributed by atoms with E-state index in [9.17, 15) is 14.4 Å². The van der Waals surface area contributed by atoms with E-state index in [2.05, 4.69) is 5.32 Å². The minimum atomic E-state index is -0.410. The van der Waals surface area contributed by atoms with E-state index in [1.165, 1.54) is 11.0 Å². The van der Waals surface area contributed by atoms with Gasteiger partial charge in [0.25, 0.3) is 17.7 Å². The molecule has 0 aliphatic carbocycles. The van der Waals surface area contributed by atoms with Gasteiger partial charge in [-0.15, -0.1) is 0 Å². The molecule has 0 spiro atoms. The number of nitrogens with zero attached hydrogens (tertiary/aromatic N) is 1. The first-order valence-electron chi connectivity index (χ1n) is 9.90. The highest BCUT2D eigenvalue weighted by molar-refractivity contribution is 6.35. The molecule has 3 aromatic rings. The van der Waals surface area contributed by atoms with Crippen molar-refractivity contribution in [1.29, 1.82) is 0 Å². The zero-order chi connectivity index (χ0) is 21.4.